The second-order valence-electron chi connectivity index (χ2n) is 9.41. The van der Waals surface area contributed by atoms with Crippen LogP contribution < -0.4 is 10.6 Å². The summed E-state index contributed by atoms with van der Waals surface area (Å²) in [5.41, 5.74) is 2.56. The largest absolute Gasteiger partial charge is 0.369 e. The van der Waals surface area contributed by atoms with E-state index in [9.17, 15) is 4.79 Å². The zero-order valence-electron chi connectivity index (χ0n) is 18.2. The average molecular weight is 446 g/mol. The molecule has 2 fully saturated rings. The van der Waals surface area contributed by atoms with Crippen LogP contribution in [0.2, 0.25) is 0 Å². The molecular formula is C25H27N5OS. The van der Waals surface area contributed by atoms with Crippen molar-refractivity contribution in [1.29, 1.82) is 0 Å². The number of carbonyl (C=O) groups excluding carboxylic acids is 1. The van der Waals surface area contributed by atoms with Gasteiger partial charge in [0.25, 0.3) is 5.91 Å². The number of nitrogens with zero attached hydrogens (tertiary/aromatic N) is 3. The molecular weight excluding hydrogens is 418 g/mol. The van der Waals surface area contributed by atoms with E-state index >= 15 is 0 Å². The predicted molar refractivity (Wildman–Crippen MR) is 127 cm³/mol. The molecule has 0 aliphatic heterocycles. The summed E-state index contributed by atoms with van der Waals surface area (Å²) in [6.45, 7) is 3.49. The van der Waals surface area contributed by atoms with Crippen molar-refractivity contribution in [1.82, 2.24) is 20.3 Å². The van der Waals surface area contributed by atoms with Gasteiger partial charge in [-0.1, -0.05) is 18.2 Å². The molecule has 2 saturated carbocycles. The van der Waals surface area contributed by atoms with E-state index in [4.69, 9.17) is 0 Å². The fraction of sp³-hybridized carbons (Fsp3) is 0.440. The van der Waals surface area contributed by atoms with Crippen LogP contribution in [0.1, 0.15) is 40.2 Å². The SMILES string of the molecule is Cc1c(C(=O)NCC2CC3C=CC2C32CC2)sc2ncnc(NCCc3ccccn3)c12. The zero-order chi connectivity index (χ0) is 21.7. The first kappa shape index (κ1) is 19.9. The highest BCUT2D eigenvalue weighted by molar-refractivity contribution is 7.20. The number of amides is 1. The number of nitrogens with one attached hydrogen (secondary N) is 2. The monoisotopic (exact) mass is 445 g/mol. The molecule has 164 valence electrons. The molecule has 6 nitrogen and oxygen atoms in total. The third-order valence-corrected chi connectivity index (χ3v) is 8.90. The van der Waals surface area contributed by atoms with Crippen molar-refractivity contribution in [2.24, 2.45) is 23.2 Å². The molecule has 7 heteroatoms. The van der Waals surface area contributed by atoms with Crippen molar-refractivity contribution >= 4 is 33.3 Å². The van der Waals surface area contributed by atoms with Gasteiger partial charge in [0.1, 0.15) is 17.0 Å². The minimum Gasteiger partial charge on any atom is -0.369 e. The summed E-state index contributed by atoms with van der Waals surface area (Å²) in [5.74, 6) is 2.79. The first-order valence-electron chi connectivity index (χ1n) is 11.5. The number of fused-ring (bicyclic) bond motifs is 1. The van der Waals surface area contributed by atoms with Crippen LogP contribution in [0, 0.1) is 30.1 Å². The number of hydrogen-bond acceptors (Lipinski definition) is 6. The molecule has 1 spiro atoms. The highest BCUT2D eigenvalue weighted by Gasteiger charge is 2.62. The van der Waals surface area contributed by atoms with Crippen molar-refractivity contribution in [3.05, 3.63) is 59.0 Å². The van der Waals surface area contributed by atoms with Gasteiger partial charge in [-0.3, -0.25) is 9.78 Å². The molecule has 3 aliphatic carbocycles. The molecule has 2 bridgehead atoms. The van der Waals surface area contributed by atoms with Gasteiger partial charge in [-0.25, -0.2) is 9.97 Å². The van der Waals surface area contributed by atoms with E-state index in [-0.39, 0.29) is 5.91 Å². The molecule has 6 rings (SSSR count). The summed E-state index contributed by atoms with van der Waals surface area (Å²) in [6, 6.07) is 5.94. The Labute approximate surface area is 191 Å². The highest BCUT2D eigenvalue weighted by atomic mass is 32.1. The summed E-state index contributed by atoms with van der Waals surface area (Å²) in [6.07, 6.45) is 13.0. The molecule has 3 aromatic rings. The molecule has 0 saturated heterocycles. The lowest BCUT2D eigenvalue weighted by atomic mass is 9.89. The highest BCUT2D eigenvalue weighted by Crippen LogP contribution is 2.69. The number of rotatable bonds is 7. The Balaban J connectivity index is 1.14. The van der Waals surface area contributed by atoms with E-state index in [1.54, 1.807) is 6.33 Å². The topological polar surface area (TPSA) is 79.8 Å². The third kappa shape index (κ3) is 3.22. The Morgan fingerprint density at radius 1 is 1.22 bits per heavy atom. The van der Waals surface area contributed by atoms with Crippen molar-refractivity contribution in [3.63, 3.8) is 0 Å². The predicted octanol–water partition coefficient (Wildman–Crippen LogP) is 4.38. The molecule has 0 aromatic carbocycles. The number of hydrogen-bond donors (Lipinski definition) is 2. The molecule has 32 heavy (non-hydrogen) atoms. The van der Waals surface area contributed by atoms with Crippen LogP contribution in [0.15, 0.2) is 42.9 Å². The van der Waals surface area contributed by atoms with Gasteiger partial charge in [-0.05, 0) is 67.1 Å². The van der Waals surface area contributed by atoms with Crippen molar-refractivity contribution in [2.45, 2.75) is 32.6 Å². The Bertz CT molecular complexity index is 1200. The lowest BCUT2D eigenvalue weighted by Crippen LogP contribution is -2.31. The van der Waals surface area contributed by atoms with Crippen molar-refractivity contribution in [3.8, 4) is 0 Å². The number of carbonyl (C=O) groups is 1. The third-order valence-electron chi connectivity index (χ3n) is 7.70. The van der Waals surface area contributed by atoms with Crippen LogP contribution in [-0.2, 0) is 6.42 Å². The first-order valence-corrected chi connectivity index (χ1v) is 12.3. The fourth-order valence-electron chi connectivity index (χ4n) is 5.94. The molecule has 3 heterocycles. The van der Waals surface area contributed by atoms with Gasteiger partial charge in [0.2, 0.25) is 0 Å². The average Bonchev–Trinajstić information content (AvgIpc) is 3.36. The van der Waals surface area contributed by atoms with Crippen molar-refractivity contribution < 1.29 is 4.79 Å². The summed E-state index contributed by atoms with van der Waals surface area (Å²) in [7, 11) is 0. The number of pyridine rings is 1. The van der Waals surface area contributed by atoms with Gasteiger partial charge in [-0.2, -0.15) is 0 Å². The summed E-state index contributed by atoms with van der Waals surface area (Å²) in [5, 5.41) is 7.60. The molecule has 2 N–H and O–H groups in total. The van der Waals surface area contributed by atoms with E-state index in [0.29, 0.717) is 17.3 Å². The van der Waals surface area contributed by atoms with E-state index in [0.717, 1.165) is 57.6 Å². The Morgan fingerprint density at radius 3 is 2.91 bits per heavy atom. The van der Waals surface area contributed by atoms with Crippen LogP contribution in [0.4, 0.5) is 5.82 Å². The molecule has 3 aliphatic rings. The quantitative estimate of drug-likeness (QED) is 0.528. The van der Waals surface area contributed by atoms with Gasteiger partial charge in [-0.15, -0.1) is 11.3 Å². The number of anilines is 1. The maximum absolute atomic E-state index is 13.1. The molecule has 3 atom stereocenters. The van der Waals surface area contributed by atoms with Gasteiger partial charge < -0.3 is 10.6 Å². The maximum Gasteiger partial charge on any atom is 0.261 e. The number of aryl methyl sites for hydroxylation is 1. The normalized spacial score (nSPS) is 24.3. The summed E-state index contributed by atoms with van der Waals surface area (Å²) < 4.78 is 0. The summed E-state index contributed by atoms with van der Waals surface area (Å²) >= 11 is 1.46. The fourth-order valence-corrected chi connectivity index (χ4v) is 7.00. The van der Waals surface area contributed by atoms with Crippen LogP contribution >= 0.6 is 11.3 Å². The molecule has 3 unspecified atom stereocenters. The van der Waals surface area contributed by atoms with Crippen molar-refractivity contribution in [2.75, 3.05) is 18.4 Å². The van der Waals surface area contributed by atoms with Crippen LogP contribution in [0.5, 0.6) is 0 Å². The molecule has 3 aromatic heterocycles. The maximum atomic E-state index is 13.1. The van der Waals surface area contributed by atoms with Gasteiger partial charge >= 0.3 is 0 Å². The van der Waals surface area contributed by atoms with E-state index in [1.165, 1.54) is 30.6 Å². The molecule has 0 radical (unpaired) electrons. The Hall–Kier alpha value is -2.80. The lowest BCUT2D eigenvalue weighted by Gasteiger charge is -2.20. The zero-order valence-corrected chi connectivity index (χ0v) is 19.0. The van der Waals surface area contributed by atoms with Gasteiger partial charge in [0, 0.05) is 31.4 Å². The number of allylic oxidation sites excluding steroid dienone is 2. The minimum absolute atomic E-state index is 0.0153. The standard InChI is InChI=1S/C25H27N5OS/c1-15-20-22(27-11-7-18-4-2-3-10-26-18)29-14-30-24(20)32-21(15)23(31)28-13-16-12-17-5-6-19(16)25(17)8-9-25/h2-6,10,14,16-17,19H,7-9,11-13H2,1H3,(H,28,31)(H,27,29,30). The Morgan fingerprint density at radius 2 is 2.12 bits per heavy atom. The Kier molecular flexibility index (Phi) is 4.75. The van der Waals surface area contributed by atoms with Crippen LogP contribution in [0.3, 0.4) is 0 Å². The second kappa shape index (κ2) is 7.66. The van der Waals surface area contributed by atoms with Crippen LogP contribution in [0.25, 0.3) is 10.2 Å². The number of thiophene rings is 1. The van der Waals surface area contributed by atoms with E-state index in [2.05, 4.69) is 37.7 Å². The van der Waals surface area contributed by atoms with Crippen LogP contribution in [-0.4, -0.2) is 33.9 Å². The second-order valence-corrected chi connectivity index (χ2v) is 10.4. The smallest absolute Gasteiger partial charge is 0.261 e. The van der Waals surface area contributed by atoms with Gasteiger partial charge in [0.05, 0.1) is 10.3 Å². The lowest BCUT2D eigenvalue weighted by molar-refractivity contribution is 0.0947. The minimum atomic E-state index is 0.0153. The molecule has 1 amide bonds. The first-order chi connectivity index (χ1) is 15.7. The van der Waals surface area contributed by atoms with Gasteiger partial charge in [0.15, 0.2) is 0 Å². The number of aromatic nitrogens is 3. The summed E-state index contributed by atoms with van der Waals surface area (Å²) in [4.78, 5) is 27.9. The van der Waals surface area contributed by atoms with E-state index in [1.807, 2.05) is 31.3 Å². The van der Waals surface area contributed by atoms with E-state index < -0.39 is 0 Å².